The van der Waals surface area contributed by atoms with Crippen molar-refractivity contribution < 1.29 is 19.3 Å². The van der Waals surface area contributed by atoms with E-state index in [0.29, 0.717) is 46.2 Å². The maximum atomic E-state index is 8.37. The van der Waals surface area contributed by atoms with Gasteiger partial charge in [0.25, 0.3) is 0 Å². The smallest absolute Gasteiger partial charge is 0.0701 e. The Morgan fingerprint density at radius 2 is 1.23 bits per heavy atom. The highest BCUT2D eigenvalue weighted by Crippen LogP contribution is 1.80. The highest BCUT2D eigenvalue weighted by atomic mass is 16.5. The van der Waals surface area contributed by atoms with E-state index in [1.807, 2.05) is 0 Å². The van der Waals surface area contributed by atoms with Gasteiger partial charge in [0, 0.05) is 6.54 Å². The molecule has 0 aromatic heterocycles. The van der Waals surface area contributed by atoms with Gasteiger partial charge < -0.3 is 25.1 Å². The predicted molar refractivity (Wildman–Crippen MR) is 48.6 cm³/mol. The van der Waals surface area contributed by atoms with Gasteiger partial charge in [-0.3, -0.25) is 0 Å². The first-order valence-electron chi connectivity index (χ1n) is 4.46. The number of nitrogens with two attached hydrogens (primary N) is 1. The summed E-state index contributed by atoms with van der Waals surface area (Å²) in [6, 6.07) is 0. The summed E-state index contributed by atoms with van der Waals surface area (Å²) < 4.78 is 15.2. The molecular weight excluding hydrogens is 174 g/mol. The van der Waals surface area contributed by atoms with Gasteiger partial charge in [-0.25, -0.2) is 0 Å². The molecule has 0 aliphatic carbocycles. The molecule has 0 radical (unpaired) electrons. The van der Waals surface area contributed by atoms with Crippen LogP contribution in [0.15, 0.2) is 0 Å². The molecule has 5 heteroatoms. The van der Waals surface area contributed by atoms with E-state index in [1.54, 1.807) is 0 Å². The molecule has 0 aliphatic rings. The third kappa shape index (κ3) is 11.8. The Labute approximate surface area is 78.8 Å². The summed E-state index contributed by atoms with van der Waals surface area (Å²) in [5.41, 5.74) is 5.21. The molecule has 13 heavy (non-hydrogen) atoms. The Bertz CT molecular complexity index is 82.2. The highest BCUT2D eigenvalue weighted by molar-refractivity contribution is 4.34. The Morgan fingerprint density at radius 1 is 0.769 bits per heavy atom. The Balaban J connectivity index is 2.76. The van der Waals surface area contributed by atoms with E-state index in [4.69, 9.17) is 25.1 Å². The van der Waals surface area contributed by atoms with Crippen LogP contribution < -0.4 is 5.73 Å². The zero-order valence-electron chi connectivity index (χ0n) is 7.91. The van der Waals surface area contributed by atoms with Crippen LogP contribution in [0.5, 0.6) is 0 Å². The second-order valence-corrected chi connectivity index (χ2v) is 2.35. The molecule has 0 aliphatic heterocycles. The average Bonchev–Trinajstić information content (AvgIpc) is 2.16. The normalized spacial score (nSPS) is 10.6. The number of ether oxygens (including phenoxy) is 3. The number of aliphatic hydroxyl groups excluding tert-OH is 1. The number of hydrogen-bond acceptors (Lipinski definition) is 5. The van der Waals surface area contributed by atoms with Gasteiger partial charge in [-0.05, 0) is 0 Å². The molecule has 0 fully saturated rings. The van der Waals surface area contributed by atoms with Crippen molar-refractivity contribution in [1.29, 1.82) is 0 Å². The molecule has 3 N–H and O–H groups in total. The van der Waals surface area contributed by atoms with E-state index >= 15 is 0 Å². The monoisotopic (exact) mass is 193 g/mol. The zero-order chi connectivity index (χ0) is 9.78. The van der Waals surface area contributed by atoms with E-state index in [2.05, 4.69) is 0 Å². The zero-order valence-corrected chi connectivity index (χ0v) is 7.91. The summed E-state index contributed by atoms with van der Waals surface area (Å²) in [7, 11) is 0. The lowest BCUT2D eigenvalue weighted by atomic mass is 10.7. The van der Waals surface area contributed by atoms with Crippen LogP contribution in [0, 0.1) is 0 Å². The highest BCUT2D eigenvalue weighted by Gasteiger charge is 1.89. The van der Waals surface area contributed by atoms with E-state index < -0.39 is 0 Å². The molecule has 80 valence electrons. The molecule has 0 rings (SSSR count). The van der Waals surface area contributed by atoms with Crippen molar-refractivity contribution in [3.05, 3.63) is 0 Å². The summed E-state index contributed by atoms with van der Waals surface area (Å²) in [6.45, 7) is 3.71. The van der Waals surface area contributed by atoms with Gasteiger partial charge in [0.15, 0.2) is 0 Å². The predicted octanol–water partition coefficient (Wildman–Crippen LogP) is -1.01. The first-order chi connectivity index (χ1) is 6.41. The van der Waals surface area contributed by atoms with Crippen molar-refractivity contribution in [1.82, 2.24) is 0 Å². The fourth-order valence-electron chi connectivity index (χ4n) is 0.690. The van der Waals surface area contributed by atoms with E-state index in [0.717, 1.165) is 0 Å². The third-order valence-corrected chi connectivity index (χ3v) is 1.24. The molecule has 0 heterocycles. The first-order valence-corrected chi connectivity index (χ1v) is 4.46. The second-order valence-electron chi connectivity index (χ2n) is 2.35. The summed E-state index contributed by atoms with van der Waals surface area (Å²) in [5.74, 6) is 0. The maximum Gasteiger partial charge on any atom is 0.0701 e. The molecule has 0 atom stereocenters. The van der Waals surface area contributed by atoms with Gasteiger partial charge in [0.1, 0.15) is 0 Å². The summed E-state index contributed by atoms with van der Waals surface area (Å²) in [4.78, 5) is 0. The van der Waals surface area contributed by atoms with Crippen molar-refractivity contribution in [3.8, 4) is 0 Å². The van der Waals surface area contributed by atoms with Crippen molar-refractivity contribution in [3.63, 3.8) is 0 Å². The Morgan fingerprint density at radius 3 is 1.69 bits per heavy atom. The van der Waals surface area contributed by atoms with E-state index in [1.165, 1.54) is 0 Å². The fourth-order valence-corrected chi connectivity index (χ4v) is 0.690. The SMILES string of the molecule is NCCOCCOCCOCCO. The molecule has 5 nitrogen and oxygen atoms in total. The van der Waals surface area contributed by atoms with E-state index in [9.17, 15) is 0 Å². The van der Waals surface area contributed by atoms with Gasteiger partial charge in [-0.2, -0.15) is 0 Å². The van der Waals surface area contributed by atoms with Crippen LogP contribution in [0.4, 0.5) is 0 Å². The van der Waals surface area contributed by atoms with Crippen molar-refractivity contribution in [2.24, 2.45) is 5.73 Å². The van der Waals surface area contributed by atoms with Crippen LogP contribution in [-0.2, 0) is 14.2 Å². The van der Waals surface area contributed by atoms with Crippen molar-refractivity contribution >= 4 is 0 Å². The maximum absolute atomic E-state index is 8.37. The van der Waals surface area contributed by atoms with Crippen LogP contribution >= 0.6 is 0 Å². The molecule has 0 saturated carbocycles. The van der Waals surface area contributed by atoms with Crippen LogP contribution in [0.3, 0.4) is 0 Å². The van der Waals surface area contributed by atoms with Crippen LogP contribution in [0.1, 0.15) is 0 Å². The lowest BCUT2D eigenvalue weighted by molar-refractivity contribution is 0.00888. The third-order valence-electron chi connectivity index (χ3n) is 1.24. The van der Waals surface area contributed by atoms with Crippen LogP contribution in [0.25, 0.3) is 0 Å². The van der Waals surface area contributed by atoms with Gasteiger partial charge in [0.05, 0.1) is 46.2 Å². The van der Waals surface area contributed by atoms with Gasteiger partial charge in [0.2, 0.25) is 0 Å². The molecule has 0 aromatic carbocycles. The number of hydrogen-bond donors (Lipinski definition) is 2. The second kappa shape index (κ2) is 11.8. The first kappa shape index (κ1) is 12.8. The largest absolute Gasteiger partial charge is 0.394 e. The topological polar surface area (TPSA) is 73.9 Å². The lowest BCUT2D eigenvalue weighted by Crippen LogP contribution is -2.14. The van der Waals surface area contributed by atoms with Gasteiger partial charge in [-0.15, -0.1) is 0 Å². The standard InChI is InChI=1S/C8H19NO4/c9-1-3-11-5-7-13-8-6-12-4-2-10/h10H,1-9H2. The minimum Gasteiger partial charge on any atom is -0.394 e. The molecule has 0 bridgehead atoms. The van der Waals surface area contributed by atoms with Gasteiger partial charge >= 0.3 is 0 Å². The van der Waals surface area contributed by atoms with Crippen LogP contribution in [0.2, 0.25) is 0 Å². The van der Waals surface area contributed by atoms with Crippen molar-refractivity contribution in [2.45, 2.75) is 0 Å². The number of aliphatic hydroxyl groups is 1. The van der Waals surface area contributed by atoms with E-state index in [-0.39, 0.29) is 6.61 Å². The van der Waals surface area contributed by atoms with Crippen LogP contribution in [-0.4, -0.2) is 57.9 Å². The summed E-state index contributed by atoms with van der Waals surface area (Å²) in [5, 5.41) is 8.37. The Hall–Kier alpha value is -0.200. The minimum absolute atomic E-state index is 0.0552. The molecule has 0 saturated heterocycles. The van der Waals surface area contributed by atoms with Gasteiger partial charge in [-0.1, -0.05) is 0 Å². The fraction of sp³-hybridized carbons (Fsp3) is 1.00. The number of rotatable bonds is 10. The molecule has 0 spiro atoms. The molecule has 0 unspecified atom stereocenters. The average molecular weight is 193 g/mol. The molecular formula is C8H19NO4. The lowest BCUT2D eigenvalue weighted by Gasteiger charge is -2.04. The molecule has 0 aromatic rings. The quantitative estimate of drug-likeness (QED) is 0.435. The summed E-state index contributed by atoms with van der Waals surface area (Å²) >= 11 is 0. The molecule has 0 amide bonds. The summed E-state index contributed by atoms with van der Waals surface area (Å²) in [6.07, 6.45) is 0. The minimum atomic E-state index is 0.0552. The Kier molecular flexibility index (Phi) is 11.6. The van der Waals surface area contributed by atoms with Crippen molar-refractivity contribution in [2.75, 3.05) is 52.8 Å².